The maximum atomic E-state index is 13.4. The molecule has 2 fully saturated rings. The van der Waals surface area contributed by atoms with Gasteiger partial charge in [-0.1, -0.05) is 30.5 Å². The first-order valence-electron chi connectivity index (χ1n) is 11.7. The second-order valence-corrected chi connectivity index (χ2v) is 9.02. The third-order valence-corrected chi connectivity index (χ3v) is 7.08. The first-order valence-corrected chi connectivity index (χ1v) is 11.7. The first-order chi connectivity index (χ1) is 15.5. The van der Waals surface area contributed by atoms with E-state index >= 15 is 0 Å². The lowest BCUT2D eigenvalue weighted by molar-refractivity contribution is 0.0712. The van der Waals surface area contributed by atoms with E-state index < -0.39 is 0 Å². The summed E-state index contributed by atoms with van der Waals surface area (Å²) in [6.07, 6.45) is 5.35. The molecule has 2 amide bonds. The molecule has 1 aliphatic heterocycles. The Kier molecular flexibility index (Phi) is 6.65. The van der Waals surface area contributed by atoms with Crippen LogP contribution in [0, 0.1) is 18.8 Å². The first kappa shape index (κ1) is 22.1. The van der Waals surface area contributed by atoms with Gasteiger partial charge in [-0.3, -0.25) is 9.59 Å². The van der Waals surface area contributed by atoms with Crippen molar-refractivity contribution in [1.29, 1.82) is 0 Å². The Bertz CT molecular complexity index is 1060. The highest BCUT2D eigenvalue weighted by atomic mass is 16.2. The van der Waals surface area contributed by atoms with Crippen LogP contribution in [-0.2, 0) is 0 Å². The minimum Gasteiger partial charge on any atom is -0.355 e. The van der Waals surface area contributed by atoms with Crippen LogP contribution < -0.4 is 5.32 Å². The van der Waals surface area contributed by atoms with E-state index in [4.69, 9.17) is 0 Å². The molecule has 0 unspecified atom stereocenters. The van der Waals surface area contributed by atoms with Crippen LogP contribution in [0.5, 0.6) is 0 Å². The second-order valence-electron chi connectivity index (χ2n) is 9.02. The van der Waals surface area contributed by atoms with Crippen molar-refractivity contribution < 1.29 is 9.59 Å². The van der Waals surface area contributed by atoms with Gasteiger partial charge in [0.1, 0.15) is 0 Å². The summed E-state index contributed by atoms with van der Waals surface area (Å²) in [4.78, 5) is 27.9. The van der Waals surface area contributed by atoms with E-state index in [1.165, 1.54) is 12.0 Å². The number of aryl methyl sites for hydroxylation is 1. The average Bonchev–Trinajstić information content (AvgIpc) is 2.78. The molecule has 4 heteroatoms. The molecule has 0 spiro atoms. The minimum atomic E-state index is -0.101. The van der Waals surface area contributed by atoms with Gasteiger partial charge in [-0.25, -0.2) is 0 Å². The third kappa shape index (κ3) is 4.43. The Labute approximate surface area is 191 Å². The zero-order chi connectivity index (χ0) is 22.7. The average molecular weight is 429 g/mol. The summed E-state index contributed by atoms with van der Waals surface area (Å²) in [7, 11) is 1.65. The van der Waals surface area contributed by atoms with Gasteiger partial charge in [0.05, 0.1) is 0 Å². The molecule has 2 aliphatic rings. The predicted octanol–water partition coefficient (Wildman–Crippen LogP) is 5.01. The number of likely N-dealkylation sites (tertiary alicyclic amines) is 1. The van der Waals surface area contributed by atoms with Gasteiger partial charge in [0.15, 0.2) is 0 Å². The highest BCUT2D eigenvalue weighted by Gasteiger charge is 2.29. The topological polar surface area (TPSA) is 49.4 Å². The molecule has 2 aromatic rings. The van der Waals surface area contributed by atoms with Crippen LogP contribution in [0.2, 0.25) is 0 Å². The zero-order valence-electron chi connectivity index (χ0n) is 19.3. The van der Waals surface area contributed by atoms with Crippen LogP contribution in [-0.4, -0.2) is 36.9 Å². The van der Waals surface area contributed by atoms with Gasteiger partial charge in [-0.15, -0.1) is 5.92 Å². The Morgan fingerprint density at radius 1 is 0.969 bits per heavy atom. The second kappa shape index (κ2) is 9.61. The fourth-order valence-corrected chi connectivity index (χ4v) is 4.92. The zero-order valence-corrected chi connectivity index (χ0v) is 19.3. The number of carbonyl (C=O) groups excluding carboxylic acids is 2. The van der Waals surface area contributed by atoms with E-state index in [0.29, 0.717) is 23.0 Å². The van der Waals surface area contributed by atoms with Crippen molar-refractivity contribution in [2.45, 2.75) is 57.8 Å². The molecule has 0 radical (unpaired) electrons. The van der Waals surface area contributed by atoms with Crippen LogP contribution in [0.4, 0.5) is 0 Å². The van der Waals surface area contributed by atoms with E-state index in [9.17, 15) is 9.59 Å². The summed E-state index contributed by atoms with van der Waals surface area (Å²) in [5.41, 5.74) is 5.75. The largest absolute Gasteiger partial charge is 0.355 e. The number of hydrogen-bond donors (Lipinski definition) is 1. The maximum Gasteiger partial charge on any atom is 0.254 e. The minimum absolute atomic E-state index is 0.0415. The molecule has 1 aliphatic carbocycles. The number of amides is 2. The summed E-state index contributed by atoms with van der Waals surface area (Å²) >= 11 is 0. The molecular formula is C28H32N2O2. The van der Waals surface area contributed by atoms with E-state index in [1.807, 2.05) is 24.8 Å². The summed E-state index contributed by atoms with van der Waals surface area (Å²) in [5.74, 6) is 6.86. The van der Waals surface area contributed by atoms with Crippen molar-refractivity contribution in [2.24, 2.45) is 0 Å². The van der Waals surface area contributed by atoms with Crippen molar-refractivity contribution in [3.63, 3.8) is 0 Å². The molecule has 1 N–H and O–H groups in total. The van der Waals surface area contributed by atoms with Crippen molar-refractivity contribution >= 4 is 11.8 Å². The van der Waals surface area contributed by atoms with Gasteiger partial charge < -0.3 is 10.2 Å². The number of benzene rings is 2. The summed E-state index contributed by atoms with van der Waals surface area (Å²) in [5, 5.41) is 2.75. The monoisotopic (exact) mass is 428 g/mol. The van der Waals surface area contributed by atoms with Crippen LogP contribution >= 0.6 is 0 Å². The number of piperidine rings is 1. The van der Waals surface area contributed by atoms with E-state index in [2.05, 4.69) is 47.5 Å². The van der Waals surface area contributed by atoms with Gasteiger partial charge in [0.25, 0.3) is 11.8 Å². The molecule has 4 nitrogen and oxygen atoms in total. The van der Waals surface area contributed by atoms with Crippen molar-refractivity contribution in [3.05, 3.63) is 69.8 Å². The van der Waals surface area contributed by atoms with Crippen molar-refractivity contribution in [3.8, 4) is 11.8 Å². The fourth-order valence-electron chi connectivity index (χ4n) is 4.92. The molecule has 166 valence electrons. The SMILES string of the molecule is CC#Cc1ccc(C2CCN(C(=O)c3cc(C(=O)NC)c(C4CCC4)cc3C)CC2)cc1. The number of rotatable bonds is 4. The van der Waals surface area contributed by atoms with Crippen LogP contribution in [0.1, 0.15) is 93.8 Å². The normalized spacial score (nSPS) is 16.7. The summed E-state index contributed by atoms with van der Waals surface area (Å²) < 4.78 is 0. The Balaban J connectivity index is 1.48. The molecule has 1 heterocycles. The van der Waals surface area contributed by atoms with Crippen LogP contribution in [0.25, 0.3) is 0 Å². The molecule has 0 aromatic heterocycles. The van der Waals surface area contributed by atoms with Gasteiger partial charge in [0, 0.05) is 36.8 Å². The third-order valence-electron chi connectivity index (χ3n) is 7.08. The van der Waals surface area contributed by atoms with Crippen molar-refractivity contribution in [2.75, 3.05) is 20.1 Å². The number of nitrogens with zero attached hydrogens (tertiary/aromatic N) is 1. The molecule has 0 bridgehead atoms. The van der Waals surface area contributed by atoms with Gasteiger partial charge in [0.2, 0.25) is 0 Å². The maximum absolute atomic E-state index is 13.4. The molecule has 0 atom stereocenters. The van der Waals surface area contributed by atoms with Crippen LogP contribution in [0.15, 0.2) is 36.4 Å². The Morgan fingerprint density at radius 3 is 2.22 bits per heavy atom. The molecule has 1 saturated heterocycles. The quantitative estimate of drug-likeness (QED) is 0.696. The Hall–Kier alpha value is -3.06. The Morgan fingerprint density at radius 2 is 1.66 bits per heavy atom. The molecule has 1 saturated carbocycles. The molecule has 4 rings (SSSR count). The predicted molar refractivity (Wildman–Crippen MR) is 128 cm³/mol. The lowest BCUT2D eigenvalue weighted by atomic mass is 9.77. The van der Waals surface area contributed by atoms with Gasteiger partial charge in [-0.05, 0) is 86.3 Å². The van der Waals surface area contributed by atoms with Crippen molar-refractivity contribution in [1.82, 2.24) is 10.2 Å². The highest BCUT2D eigenvalue weighted by Crippen LogP contribution is 2.39. The molecule has 2 aromatic carbocycles. The smallest absolute Gasteiger partial charge is 0.254 e. The fraction of sp³-hybridized carbons (Fsp3) is 0.429. The molecular weight excluding hydrogens is 396 g/mol. The van der Waals surface area contributed by atoms with Crippen LogP contribution in [0.3, 0.4) is 0 Å². The van der Waals surface area contributed by atoms with E-state index in [-0.39, 0.29) is 11.8 Å². The molecule has 32 heavy (non-hydrogen) atoms. The lowest BCUT2D eigenvalue weighted by Gasteiger charge is -2.33. The number of carbonyl (C=O) groups is 2. The summed E-state index contributed by atoms with van der Waals surface area (Å²) in [6, 6.07) is 12.4. The number of hydrogen-bond acceptors (Lipinski definition) is 2. The highest BCUT2D eigenvalue weighted by molar-refractivity contribution is 6.01. The van der Waals surface area contributed by atoms with Gasteiger partial charge >= 0.3 is 0 Å². The standard InChI is InChI=1S/C28H32N2O2/c1-4-6-20-9-11-21(12-10-20)22-13-15-30(16-14-22)28(32)24-18-26(27(31)29-3)25(17-19(24)2)23-7-5-8-23/h9-12,17-18,22-23H,5,7-8,13-16H2,1-3H3,(H,29,31). The lowest BCUT2D eigenvalue weighted by Crippen LogP contribution is -2.38. The van der Waals surface area contributed by atoms with E-state index in [1.54, 1.807) is 7.05 Å². The number of nitrogens with one attached hydrogen (secondary N) is 1. The summed E-state index contributed by atoms with van der Waals surface area (Å²) in [6.45, 7) is 5.32. The van der Waals surface area contributed by atoms with Gasteiger partial charge in [-0.2, -0.15) is 0 Å². The van der Waals surface area contributed by atoms with E-state index in [0.717, 1.165) is 55.5 Å².